The zero-order valence-corrected chi connectivity index (χ0v) is 22.4. The summed E-state index contributed by atoms with van der Waals surface area (Å²) in [4.78, 5) is 40.1. The first kappa shape index (κ1) is 27.3. The Hall–Kier alpha value is -2.78. The monoisotopic (exact) mass is 558 g/mol. The number of carbonyl (C=O) groups is 3. The Bertz CT molecular complexity index is 1300. The van der Waals surface area contributed by atoms with Gasteiger partial charge < -0.3 is 21.3 Å². The largest absolute Gasteiger partial charge is 0.355 e. The number of nitrogens with one attached hydrogen (secondary N) is 2. The van der Waals surface area contributed by atoms with Gasteiger partial charge in [0.15, 0.2) is 0 Å². The van der Waals surface area contributed by atoms with E-state index >= 15 is 0 Å². The van der Waals surface area contributed by atoms with E-state index in [9.17, 15) is 14.4 Å². The van der Waals surface area contributed by atoms with Gasteiger partial charge >= 0.3 is 0 Å². The fourth-order valence-corrected chi connectivity index (χ4v) is 6.39. The van der Waals surface area contributed by atoms with Crippen molar-refractivity contribution < 1.29 is 14.4 Å². The first-order valence-corrected chi connectivity index (χ1v) is 13.7. The normalized spacial score (nSPS) is 17.3. The average molecular weight is 560 g/mol. The number of fused-ring (bicyclic) bond motifs is 1. The molecular weight excluding hydrogens is 531 g/mol. The molecule has 2 atom stereocenters. The number of nitrogens with zero attached hydrogens (tertiary/aromatic N) is 1. The predicted octanol–water partition coefficient (Wildman–Crippen LogP) is 4.26. The summed E-state index contributed by atoms with van der Waals surface area (Å²) in [6, 6.07) is 19.1. The van der Waals surface area contributed by atoms with Crippen molar-refractivity contribution in [2.24, 2.45) is 5.73 Å². The van der Waals surface area contributed by atoms with Crippen LogP contribution in [-0.4, -0.2) is 47.5 Å². The van der Waals surface area contributed by atoms with Gasteiger partial charge in [-0.1, -0.05) is 71.7 Å². The molecule has 3 aromatic carbocycles. The molecule has 1 heterocycles. The summed E-state index contributed by atoms with van der Waals surface area (Å²) < 4.78 is 0. The summed E-state index contributed by atoms with van der Waals surface area (Å²) >= 11 is 13.9. The minimum atomic E-state index is -0.601. The van der Waals surface area contributed by atoms with Crippen LogP contribution in [0.15, 0.2) is 60.7 Å². The number of nitrogens with two attached hydrogens (primary N) is 1. The molecule has 0 bridgehead atoms. The molecule has 3 aromatic rings. The Kier molecular flexibility index (Phi) is 9.32. The lowest BCUT2D eigenvalue weighted by atomic mass is 10.0. The Morgan fingerprint density at radius 2 is 1.78 bits per heavy atom. The van der Waals surface area contributed by atoms with E-state index in [1.807, 2.05) is 42.5 Å². The third kappa shape index (κ3) is 6.76. The zero-order valence-electron chi connectivity index (χ0n) is 20.1. The molecule has 1 fully saturated rings. The molecule has 0 aliphatic carbocycles. The van der Waals surface area contributed by atoms with Crippen molar-refractivity contribution in [1.82, 2.24) is 15.5 Å². The van der Waals surface area contributed by atoms with Gasteiger partial charge in [0.1, 0.15) is 5.37 Å². The topological polar surface area (TPSA) is 105 Å². The van der Waals surface area contributed by atoms with Crippen molar-refractivity contribution in [3.05, 3.63) is 81.8 Å². The van der Waals surface area contributed by atoms with Crippen LogP contribution in [0.25, 0.3) is 10.8 Å². The smallest absolute Gasteiger partial charge is 0.237 e. The quantitative estimate of drug-likeness (QED) is 0.345. The van der Waals surface area contributed by atoms with E-state index in [0.717, 1.165) is 16.3 Å². The van der Waals surface area contributed by atoms with Gasteiger partial charge in [-0.3, -0.25) is 14.4 Å². The highest BCUT2D eigenvalue weighted by molar-refractivity contribution is 8.01. The Morgan fingerprint density at radius 1 is 1.00 bits per heavy atom. The fraction of sp³-hybridized carbons (Fsp3) is 0.296. The van der Waals surface area contributed by atoms with Gasteiger partial charge in [0.05, 0.1) is 5.25 Å². The maximum absolute atomic E-state index is 13.4. The molecule has 1 aliphatic rings. The van der Waals surface area contributed by atoms with Crippen LogP contribution in [0.5, 0.6) is 0 Å². The number of hydrogen-bond donors (Lipinski definition) is 3. The zero-order chi connectivity index (χ0) is 26.4. The lowest BCUT2D eigenvalue weighted by Crippen LogP contribution is -2.37. The summed E-state index contributed by atoms with van der Waals surface area (Å²) in [7, 11) is 0. The van der Waals surface area contributed by atoms with E-state index in [4.69, 9.17) is 28.9 Å². The third-order valence-corrected chi connectivity index (χ3v) is 8.16. The van der Waals surface area contributed by atoms with Crippen LogP contribution in [0.4, 0.5) is 0 Å². The summed E-state index contributed by atoms with van der Waals surface area (Å²) in [5.41, 5.74) is 7.17. The van der Waals surface area contributed by atoms with Gasteiger partial charge in [-0.15, -0.1) is 11.8 Å². The molecule has 0 spiro atoms. The van der Waals surface area contributed by atoms with Gasteiger partial charge in [0.2, 0.25) is 17.7 Å². The van der Waals surface area contributed by atoms with Crippen molar-refractivity contribution >= 4 is 63.5 Å². The molecule has 0 aromatic heterocycles. The highest BCUT2D eigenvalue weighted by Crippen LogP contribution is 2.46. The number of benzene rings is 3. The van der Waals surface area contributed by atoms with Crippen molar-refractivity contribution in [2.45, 2.75) is 30.0 Å². The second-order valence-corrected chi connectivity index (χ2v) is 10.8. The number of hydrogen-bond acceptors (Lipinski definition) is 5. The van der Waals surface area contributed by atoms with Gasteiger partial charge in [0.25, 0.3) is 0 Å². The van der Waals surface area contributed by atoms with Crippen LogP contribution in [0.3, 0.4) is 0 Å². The lowest BCUT2D eigenvalue weighted by molar-refractivity contribution is -0.133. The van der Waals surface area contributed by atoms with E-state index in [-0.39, 0.29) is 37.1 Å². The van der Waals surface area contributed by atoms with Crippen molar-refractivity contribution in [3.63, 3.8) is 0 Å². The minimum absolute atomic E-state index is 0.0197. The van der Waals surface area contributed by atoms with Gasteiger partial charge in [-0.2, -0.15) is 0 Å². The molecular formula is C27H28Cl2N4O3S. The van der Waals surface area contributed by atoms with Gasteiger partial charge in [-0.25, -0.2) is 0 Å². The lowest BCUT2D eigenvalue weighted by Gasteiger charge is -2.24. The van der Waals surface area contributed by atoms with E-state index in [1.165, 1.54) is 11.8 Å². The molecule has 3 amide bonds. The molecule has 37 heavy (non-hydrogen) atoms. The van der Waals surface area contributed by atoms with Crippen LogP contribution in [0.2, 0.25) is 10.0 Å². The number of carbonyl (C=O) groups excluding carboxylic acids is 3. The molecule has 1 aliphatic heterocycles. The number of amides is 3. The van der Waals surface area contributed by atoms with Crippen LogP contribution >= 0.6 is 35.0 Å². The summed E-state index contributed by atoms with van der Waals surface area (Å²) in [5, 5.41) is 7.73. The second-order valence-electron chi connectivity index (χ2n) is 8.68. The number of rotatable bonds is 10. The SMILES string of the molecule is NCCNC(=O)CCN1C(=O)[C@@H](CC(=O)NCc2cccc3ccccc23)S[C@@H]1c1ccc(Cl)cc1Cl. The van der Waals surface area contributed by atoms with Crippen LogP contribution < -0.4 is 16.4 Å². The first-order valence-electron chi connectivity index (χ1n) is 12.0. The van der Waals surface area contributed by atoms with Crippen LogP contribution in [-0.2, 0) is 20.9 Å². The summed E-state index contributed by atoms with van der Waals surface area (Å²) in [6.07, 6.45) is 0.139. The third-order valence-electron chi connectivity index (χ3n) is 6.14. The molecule has 7 nitrogen and oxygen atoms in total. The Morgan fingerprint density at radius 3 is 2.57 bits per heavy atom. The van der Waals surface area contributed by atoms with E-state index in [2.05, 4.69) is 10.6 Å². The number of thioether (sulfide) groups is 1. The number of halogens is 2. The highest BCUT2D eigenvalue weighted by atomic mass is 35.5. The van der Waals surface area contributed by atoms with Gasteiger partial charge in [-0.05, 0) is 28.5 Å². The van der Waals surface area contributed by atoms with E-state index < -0.39 is 10.6 Å². The van der Waals surface area contributed by atoms with Gasteiger partial charge in [0, 0.05) is 54.6 Å². The Labute approximate surface area is 230 Å². The first-order chi connectivity index (χ1) is 17.9. The maximum atomic E-state index is 13.4. The predicted molar refractivity (Wildman–Crippen MR) is 149 cm³/mol. The molecule has 1 saturated heterocycles. The minimum Gasteiger partial charge on any atom is -0.355 e. The highest BCUT2D eigenvalue weighted by Gasteiger charge is 2.42. The van der Waals surface area contributed by atoms with E-state index in [1.54, 1.807) is 23.1 Å². The molecule has 194 valence electrons. The summed E-state index contributed by atoms with van der Waals surface area (Å²) in [6.45, 7) is 1.26. The second kappa shape index (κ2) is 12.6. The molecule has 0 radical (unpaired) electrons. The molecule has 0 saturated carbocycles. The average Bonchev–Trinajstić information content (AvgIpc) is 3.19. The van der Waals surface area contributed by atoms with Crippen LogP contribution in [0, 0.1) is 0 Å². The van der Waals surface area contributed by atoms with Crippen molar-refractivity contribution in [1.29, 1.82) is 0 Å². The standard InChI is InChI=1S/C27H28Cl2N4O3S/c28-19-8-9-21(22(29)14-19)27-33(13-10-24(34)31-12-11-30)26(36)23(37-27)15-25(35)32-16-18-6-3-5-17-4-1-2-7-20(17)18/h1-9,14,23,27H,10-13,15-16,30H2,(H,31,34)(H,32,35)/t23-,27-/m1/s1. The summed E-state index contributed by atoms with van der Waals surface area (Å²) in [5.74, 6) is -0.615. The van der Waals surface area contributed by atoms with Crippen molar-refractivity contribution in [2.75, 3.05) is 19.6 Å². The fourth-order valence-electron chi connectivity index (χ4n) is 4.30. The molecule has 0 unspecified atom stereocenters. The van der Waals surface area contributed by atoms with E-state index in [0.29, 0.717) is 35.2 Å². The van der Waals surface area contributed by atoms with Crippen LogP contribution in [0.1, 0.15) is 29.3 Å². The maximum Gasteiger partial charge on any atom is 0.237 e. The molecule has 10 heteroatoms. The van der Waals surface area contributed by atoms with Crippen molar-refractivity contribution in [3.8, 4) is 0 Å². The molecule has 4 rings (SSSR count). The Balaban J connectivity index is 1.45. The molecule has 4 N–H and O–H groups in total.